The minimum atomic E-state index is -3.76. The molecule has 0 aliphatic carbocycles. The van der Waals surface area contributed by atoms with Crippen LogP contribution < -0.4 is 9.62 Å². The van der Waals surface area contributed by atoms with Gasteiger partial charge in [0.15, 0.2) is 0 Å². The zero-order valence-electron chi connectivity index (χ0n) is 22.2. The molecule has 0 bridgehead atoms. The van der Waals surface area contributed by atoms with Gasteiger partial charge < -0.3 is 10.2 Å². The fourth-order valence-corrected chi connectivity index (χ4v) is 4.86. The van der Waals surface area contributed by atoms with E-state index < -0.39 is 34.1 Å². The first-order valence-corrected chi connectivity index (χ1v) is 13.7. The fourth-order valence-electron chi connectivity index (χ4n) is 3.96. The van der Waals surface area contributed by atoms with Crippen LogP contribution in [-0.4, -0.2) is 49.5 Å². The first-order valence-electron chi connectivity index (χ1n) is 11.8. The fraction of sp³-hybridized carbons (Fsp3) is 0.481. The number of rotatable bonds is 9. The summed E-state index contributed by atoms with van der Waals surface area (Å²) >= 11 is 0. The van der Waals surface area contributed by atoms with Crippen LogP contribution in [0.1, 0.15) is 56.4 Å². The minimum absolute atomic E-state index is 0.195. The van der Waals surface area contributed by atoms with Gasteiger partial charge in [0.25, 0.3) is 0 Å². The lowest BCUT2D eigenvalue weighted by Gasteiger charge is -2.34. The highest BCUT2D eigenvalue weighted by molar-refractivity contribution is 7.92. The summed E-state index contributed by atoms with van der Waals surface area (Å²) in [6.07, 6.45) is 1.48. The molecular weight excluding hydrogens is 462 g/mol. The number of nitrogens with zero attached hydrogens (tertiary/aromatic N) is 2. The minimum Gasteiger partial charge on any atom is -0.350 e. The van der Waals surface area contributed by atoms with Crippen molar-refractivity contribution in [3.8, 4) is 0 Å². The molecule has 7 nitrogen and oxygen atoms in total. The summed E-state index contributed by atoms with van der Waals surface area (Å²) in [5, 5.41) is 2.97. The van der Waals surface area contributed by atoms with E-state index in [-0.39, 0.29) is 12.5 Å². The van der Waals surface area contributed by atoms with Gasteiger partial charge in [-0.1, -0.05) is 48.9 Å². The van der Waals surface area contributed by atoms with Gasteiger partial charge in [0, 0.05) is 12.1 Å². The normalized spacial score (nSPS) is 12.7. The van der Waals surface area contributed by atoms with E-state index in [0.717, 1.165) is 32.8 Å². The maximum absolute atomic E-state index is 13.8. The van der Waals surface area contributed by atoms with Gasteiger partial charge in [-0.15, -0.1) is 0 Å². The highest BCUT2D eigenvalue weighted by atomic mass is 32.2. The number of amides is 2. The predicted molar refractivity (Wildman–Crippen MR) is 142 cm³/mol. The molecule has 35 heavy (non-hydrogen) atoms. The Morgan fingerprint density at radius 2 is 1.63 bits per heavy atom. The van der Waals surface area contributed by atoms with Crippen molar-refractivity contribution in [1.29, 1.82) is 0 Å². The lowest BCUT2D eigenvalue weighted by molar-refractivity contribution is -0.141. The average molecular weight is 502 g/mol. The molecule has 192 valence electrons. The van der Waals surface area contributed by atoms with E-state index >= 15 is 0 Å². The Hall–Kier alpha value is -2.87. The SMILES string of the molecule is CC[C@H](C(=O)NC(C)(C)C)N(Cc1cccc(C)c1)C(=O)CN(c1cc(C)ccc1C)S(C)(=O)=O. The van der Waals surface area contributed by atoms with Crippen LogP contribution in [0.2, 0.25) is 0 Å². The number of hydrogen-bond acceptors (Lipinski definition) is 4. The van der Waals surface area contributed by atoms with E-state index in [1.54, 1.807) is 6.07 Å². The van der Waals surface area contributed by atoms with Gasteiger partial charge in [-0.3, -0.25) is 13.9 Å². The Morgan fingerprint density at radius 3 is 2.17 bits per heavy atom. The quantitative estimate of drug-likeness (QED) is 0.560. The number of carbonyl (C=O) groups excluding carboxylic acids is 2. The molecule has 0 aliphatic rings. The van der Waals surface area contributed by atoms with Crippen LogP contribution in [-0.2, 0) is 26.2 Å². The molecule has 0 spiro atoms. The van der Waals surface area contributed by atoms with E-state index in [1.165, 1.54) is 4.90 Å². The molecule has 1 atom stereocenters. The average Bonchev–Trinajstić information content (AvgIpc) is 2.71. The lowest BCUT2D eigenvalue weighted by atomic mass is 10.0. The van der Waals surface area contributed by atoms with Gasteiger partial charge in [-0.05, 0) is 70.7 Å². The van der Waals surface area contributed by atoms with Crippen LogP contribution in [0.25, 0.3) is 0 Å². The molecule has 0 saturated carbocycles. The molecule has 0 unspecified atom stereocenters. The molecule has 0 heterocycles. The number of nitrogens with one attached hydrogen (secondary N) is 1. The second-order valence-corrected chi connectivity index (χ2v) is 12.1. The summed E-state index contributed by atoms with van der Waals surface area (Å²) in [4.78, 5) is 28.5. The summed E-state index contributed by atoms with van der Waals surface area (Å²) in [5.41, 5.74) is 3.53. The first kappa shape index (κ1) is 28.4. The first-order chi connectivity index (χ1) is 16.1. The Balaban J connectivity index is 2.51. The van der Waals surface area contributed by atoms with Gasteiger partial charge in [-0.25, -0.2) is 8.42 Å². The maximum atomic E-state index is 13.8. The maximum Gasteiger partial charge on any atom is 0.244 e. The standard InChI is InChI=1S/C27H39N3O4S/c1-9-23(26(32)28-27(5,6)7)29(17-22-12-10-11-19(2)15-22)25(31)18-30(35(8,33)34)24-16-20(3)13-14-21(24)4/h10-16,23H,9,17-18H2,1-8H3,(H,28,32)/t23-/m1/s1. The second-order valence-electron chi connectivity index (χ2n) is 10.2. The van der Waals surface area contributed by atoms with Gasteiger partial charge in [0.1, 0.15) is 12.6 Å². The monoisotopic (exact) mass is 501 g/mol. The van der Waals surface area contributed by atoms with Crippen molar-refractivity contribution in [3.63, 3.8) is 0 Å². The van der Waals surface area contributed by atoms with Crippen LogP contribution in [0.5, 0.6) is 0 Å². The Kier molecular flexibility index (Phi) is 9.11. The highest BCUT2D eigenvalue weighted by Gasteiger charge is 2.33. The molecule has 0 fully saturated rings. The number of sulfonamides is 1. The molecule has 0 saturated heterocycles. The van der Waals surface area contributed by atoms with Crippen molar-refractivity contribution in [2.24, 2.45) is 0 Å². The summed E-state index contributed by atoms with van der Waals surface area (Å²) in [7, 11) is -3.76. The van der Waals surface area contributed by atoms with Crippen molar-refractivity contribution in [2.45, 2.75) is 73.0 Å². The van der Waals surface area contributed by atoms with Crippen molar-refractivity contribution in [3.05, 3.63) is 64.7 Å². The molecule has 0 aromatic heterocycles. The predicted octanol–water partition coefficient (Wildman–Crippen LogP) is 4.10. The van der Waals surface area contributed by atoms with E-state index in [0.29, 0.717) is 12.1 Å². The van der Waals surface area contributed by atoms with Gasteiger partial charge in [0.2, 0.25) is 21.8 Å². The van der Waals surface area contributed by atoms with Crippen molar-refractivity contribution in [2.75, 3.05) is 17.1 Å². The van der Waals surface area contributed by atoms with Gasteiger partial charge >= 0.3 is 0 Å². The van der Waals surface area contributed by atoms with Gasteiger partial charge in [-0.2, -0.15) is 0 Å². The van der Waals surface area contributed by atoms with E-state index in [2.05, 4.69) is 5.32 Å². The summed E-state index contributed by atoms with van der Waals surface area (Å²) < 4.78 is 26.7. The molecular formula is C27H39N3O4S. The Morgan fingerprint density at radius 1 is 1.00 bits per heavy atom. The second kappa shape index (κ2) is 11.2. The van der Waals surface area contributed by atoms with Crippen molar-refractivity contribution >= 4 is 27.5 Å². The molecule has 2 amide bonds. The van der Waals surface area contributed by atoms with Crippen LogP contribution >= 0.6 is 0 Å². The molecule has 0 aliphatic heterocycles. The molecule has 2 rings (SSSR count). The van der Waals surface area contributed by atoms with E-state index in [9.17, 15) is 18.0 Å². The van der Waals surface area contributed by atoms with Crippen LogP contribution in [0.15, 0.2) is 42.5 Å². The number of benzene rings is 2. The van der Waals surface area contributed by atoms with E-state index in [4.69, 9.17) is 0 Å². The third kappa shape index (κ3) is 8.09. The van der Waals surface area contributed by atoms with Crippen molar-refractivity contribution < 1.29 is 18.0 Å². The van der Waals surface area contributed by atoms with Crippen LogP contribution in [0.4, 0.5) is 5.69 Å². The van der Waals surface area contributed by atoms with Crippen LogP contribution in [0, 0.1) is 20.8 Å². The summed E-state index contributed by atoms with van der Waals surface area (Å²) in [5.74, 6) is -0.701. The molecule has 2 aromatic carbocycles. The molecule has 2 aromatic rings. The number of anilines is 1. The zero-order valence-corrected chi connectivity index (χ0v) is 23.0. The smallest absolute Gasteiger partial charge is 0.244 e. The largest absolute Gasteiger partial charge is 0.350 e. The third-order valence-corrected chi connectivity index (χ3v) is 6.76. The van der Waals surface area contributed by atoms with E-state index in [1.807, 2.05) is 84.9 Å². The number of hydrogen-bond donors (Lipinski definition) is 1. The van der Waals surface area contributed by atoms with Crippen molar-refractivity contribution in [1.82, 2.24) is 10.2 Å². The molecule has 8 heteroatoms. The molecule has 0 radical (unpaired) electrons. The Bertz CT molecular complexity index is 1170. The lowest BCUT2D eigenvalue weighted by Crippen LogP contribution is -2.55. The summed E-state index contributed by atoms with van der Waals surface area (Å²) in [6, 6.07) is 12.5. The zero-order chi connectivity index (χ0) is 26.6. The van der Waals surface area contributed by atoms with Gasteiger partial charge in [0.05, 0.1) is 11.9 Å². The number of carbonyl (C=O) groups is 2. The van der Waals surface area contributed by atoms with Crippen LogP contribution in [0.3, 0.4) is 0 Å². The topological polar surface area (TPSA) is 86.8 Å². The summed E-state index contributed by atoms with van der Waals surface area (Å²) in [6.45, 7) is 13.0. The highest BCUT2D eigenvalue weighted by Crippen LogP contribution is 2.25. The third-order valence-electron chi connectivity index (χ3n) is 5.63. The molecule has 1 N–H and O–H groups in total. The number of aryl methyl sites for hydroxylation is 3. The Labute approximate surface area is 210 Å².